The van der Waals surface area contributed by atoms with Gasteiger partial charge in [-0.3, -0.25) is 0 Å². The van der Waals surface area contributed by atoms with Gasteiger partial charge in [-0.25, -0.2) is 0 Å². The number of nitrogens with zero attached hydrogens (tertiary/aromatic N) is 1. The van der Waals surface area contributed by atoms with E-state index in [9.17, 15) is 0 Å². The predicted molar refractivity (Wildman–Crippen MR) is 17.4 cm³/mol. The van der Waals surface area contributed by atoms with Crippen LogP contribution in [0.25, 0.3) is 0 Å². The van der Waals surface area contributed by atoms with Gasteiger partial charge in [-0.2, -0.15) is 0 Å². The van der Waals surface area contributed by atoms with E-state index in [1.54, 1.807) is 12.4 Å². The van der Waals surface area contributed by atoms with Crippen LogP contribution in [0, 0.1) is 48.1 Å². The SMILES string of the molecule is [Ce].[c-]1ncc[nH]1. The Morgan fingerprint density at radius 1 is 1.67 bits per heavy atom. The number of aromatic amines is 1. The Labute approximate surface area is 69.7 Å². The molecule has 1 aromatic heterocycles. The van der Waals surface area contributed by atoms with Gasteiger partial charge in [-0.1, -0.05) is 0 Å². The molecule has 0 spiro atoms. The first-order valence-electron chi connectivity index (χ1n) is 1.35. The number of hydrogen-bond acceptors (Lipinski definition) is 1. The zero-order valence-corrected chi connectivity index (χ0v) is 6.24. The Morgan fingerprint density at radius 2 is 2.50 bits per heavy atom. The maximum atomic E-state index is 3.54. The average Bonchev–Trinajstić information content (AvgIpc) is 1.76. The van der Waals surface area contributed by atoms with Crippen LogP contribution >= 0.6 is 0 Å². The average molecular weight is 207 g/mol. The topological polar surface area (TPSA) is 28.7 Å². The molecule has 3 heteroatoms. The minimum absolute atomic E-state index is 0. The van der Waals surface area contributed by atoms with Crippen molar-refractivity contribution in [2.75, 3.05) is 0 Å². The quantitative estimate of drug-likeness (QED) is 0.605. The molecule has 0 aromatic carbocycles. The molecule has 0 saturated heterocycles. The van der Waals surface area contributed by atoms with Crippen molar-refractivity contribution in [2.24, 2.45) is 0 Å². The summed E-state index contributed by atoms with van der Waals surface area (Å²) in [5, 5.41) is 0. The van der Waals surface area contributed by atoms with Crippen molar-refractivity contribution in [3.63, 3.8) is 0 Å². The molecule has 6 heavy (non-hydrogen) atoms. The summed E-state index contributed by atoms with van der Waals surface area (Å²) >= 11 is 0. The number of nitrogens with one attached hydrogen (secondary N) is 1. The molecule has 0 atom stereocenters. The first-order chi connectivity index (χ1) is 2.50. The third-order valence-corrected chi connectivity index (χ3v) is 0.362. The number of aromatic nitrogens is 2. The number of hydrogen-bond donors (Lipinski definition) is 1. The molecular formula is C3H3CeN2-. The van der Waals surface area contributed by atoms with Gasteiger partial charge in [-0.05, 0) is 6.33 Å². The first kappa shape index (κ1) is 6.59. The minimum atomic E-state index is 0. The van der Waals surface area contributed by atoms with E-state index < -0.39 is 0 Å². The molecule has 0 aliphatic rings. The summed E-state index contributed by atoms with van der Waals surface area (Å²) in [6, 6.07) is 0. The maximum Gasteiger partial charge on any atom is 0 e. The van der Waals surface area contributed by atoms with Crippen molar-refractivity contribution in [2.45, 2.75) is 0 Å². The molecule has 0 aliphatic carbocycles. The van der Waals surface area contributed by atoms with Gasteiger partial charge in [0.2, 0.25) is 0 Å². The zero-order chi connectivity index (χ0) is 3.54. The summed E-state index contributed by atoms with van der Waals surface area (Å²) in [5.41, 5.74) is 0. The van der Waals surface area contributed by atoms with Gasteiger partial charge in [0.15, 0.2) is 0 Å². The second-order valence-electron chi connectivity index (χ2n) is 0.701. The van der Waals surface area contributed by atoms with Crippen LogP contribution in [0.5, 0.6) is 0 Å². The van der Waals surface area contributed by atoms with Crippen LogP contribution < -0.4 is 0 Å². The van der Waals surface area contributed by atoms with Crippen LogP contribution in [-0.4, -0.2) is 9.97 Å². The molecular weight excluding hydrogens is 204 g/mol. The van der Waals surface area contributed by atoms with E-state index in [4.69, 9.17) is 0 Å². The Kier molecular flexibility index (Phi) is 4.13. The Hall–Kier alpha value is 0.587. The second kappa shape index (κ2) is 3.77. The van der Waals surface area contributed by atoms with Crippen molar-refractivity contribution in [3.05, 3.63) is 18.7 Å². The van der Waals surface area contributed by atoms with E-state index >= 15 is 0 Å². The van der Waals surface area contributed by atoms with Crippen molar-refractivity contribution in [1.29, 1.82) is 0 Å². The molecule has 0 radical (unpaired) electrons. The summed E-state index contributed by atoms with van der Waals surface area (Å²) < 4.78 is 0. The first-order valence-corrected chi connectivity index (χ1v) is 1.35. The number of H-pyrrole nitrogens is 1. The number of rotatable bonds is 0. The summed E-state index contributed by atoms with van der Waals surface area (Å²) in [6.07, 6.45) is 5.83. The van der Waals surface area contributed by atoms with E-state index in [2.05, 4.69) is 16.3 Å². The minimum Gasteiger partial charge on any atom is -0.467 e. The van der Waals surface area contributed by atoms with Gasteiger partial charge in [0.25, 0.3) is 0 Å². The Bertz CT molecular complexity index is 65.3. The molecule has 1 rings (SSSR count). The maximum absolute atomic E-state index is 3.54. The van der Waals surface area contributed by atoms with Gasteiger partial charge in [0, 0.05) is 41.7 Å². The molecule has 1 heterocycles. The van der Waals surface area contributed by atoms with Crippen molar-refractivity contribution >= 4 is 0 Å². The van der Waals surface area contributed by atoms with Crippen LogP contribution in [-0.2, 0) is 0 Å². The fraction of sp³-hybridized carbons (Fsp3) is 0. The molecule has 0 fully saturated rings. The van der Waals surface area contributed by atoms with Gasteiger partial charge >= 0.3 is 0 Å². The van der Waals surface area contributed by atoms with E-state index in [0.717, 1.165) is 0 Å². The van der Waals surface area contributed by atoms with Crippen LogP contribution in [0.2, 0.25) is 0 Å². The van der Waals surface area contributed by atoms with E-state index in [1.807, 2.05) is 0 Å². The molecule has 0 amide bonds. The third-order valence-electron chi connectivity index (χ3n) is 0.362. The van der Waals surface area contributed by atoms with Crippen LogP contribution in [0.3, 0.4) is 0 Å². The molecule has 0 saturated carbocycles. The number of imidazole rings is 1. The standard InChI is InChI=1S/C3H3N2.Ce/c1-2-5-3-4-1;/h1-2H,(H,4,5);/q-1;. The van der Waals surface area contributed by atoms with E-state index in [1.165, 1.54) is 0 Å². The zero-order valence-electron chi connectivity index (χ0n) is 3.10. The Balaban J connectivity index is 0.000000250. The third kappa shape index (κ3) is 1.89. The van der Waals surface area contributed by atoms with Gasteiger partial charge < -0.3 is 9.97 Å². The molecule has 0 bridgehead atoms. The second-order valence-corrected chi connectivity index (χ2v) is 0.701. The van der Waals surface area contributed by atoms with Crippen LogP contribution in [0.15, 0.2) is 12.4 Å². The van der Waals surface area contributed by atoms with Gasteiger partial charge in [0.05, 0.1) is 0 Å². The molecule has 30 valence electrons. The Morgan fingerprint density at radius 3 is 2.67 bits per heavy atom. The molecule has 2 nitrogen and oxygen atoms in total. The monoisotopic (exact) mass is 207 g/mol. The predicted octanol–water partition coefficient (Wildman–Crippen LogP) is 0.210. The normalized spacial score (nSPS) is 6.67. The largest absolute Gasteiger partial charge is 0.467 e. The summed E-state index contributed by atoms with van der Waals surface area (Å²) in [6.45, 7) is 0. The summed E-state index contributed by atoms with van der Waals surface area (Å²) in [7, 11) is 0. The van der Waals surface area contributed by atoms with Gasteiger partial charge in [0.1, 0.15) is 0 Å². The molecule has 0 unspecified atom stereocenters. The van der Waals surface area contributed by atoms with Gasteiger partial charge in [-0.15, -0.1) is 12.4 Å². The van der Waals surface area contributed by atoms with Crippen LogP contribution in [0.1, 0.15) is 0 Å². The smallest absolute Gasteiger partial charge is 0 e. The van der Waals surface area contributed by atoms with Crippen molar-refractivity contribution < 1.29 is 41.7 Å². The van der Waals surface area contributed by atoms with E-state index in [0.29, 0.717) is 0 Å². The van der Waals surface area contributed by atoms with Crippen LogP contribution in [0.4, 0.5) is 0 Å². The van der Waals surface area contributed by atoms with Crippen molar-refractivity contribution in [1.82, 2.24) is 9.97 Å². The summed E-state index contributed by atoms with van der Waals surface area (Å²) in [5.74, 6) is 0. The molecule has 0 aliphatic heterocycles. The molecule has 1 N–H and O–H groups in total. The van der Waals surface area contributed by atoms with E-state index in [-0.39, 0.29) is 41.7 Å². The molecule has 1 aromatic rings. The summed E-state index contributed by atoms with van der Waals surface area (Å²) in [4.78, 5) is 6.17. The fourth-order valence-corrected chi connectivity index (χ4v) is 0.186. The fourth-order valence-electron chi connectivity index (χ4n) is 0.186. The van der Waals surface area contributed by atoms with Crippen molar-refractivity contribution in [3.8, 4) is 0 Å².